The van der Waals surface area contributed by atoms with Gasteiger partial charge in [-0.2, -0.15) is 5.26 Å². The lowest BCUT2D eigenvalue weighted by atomic mass is 9.97. The third kappa shape index (κ3) is 4.83. The molecule has 1 amide bonds. The number of hydrogen-bond acceptors (Lipinski definition) is 3. The van der Waals surface area contributed by atoms with E-state index in [4.69, 9.17) is 5.26 Å². The molecule has 28 heavy (non-hydrogen) atoms. The van der Waals surface area contributed by atoms with Crippen LogP contribution in [-0.2, 0) is 11.2 Å². The van der Waals surface area contributed by atoms with Crippen molar-refractivity contribution in [1.29, 1.82) is 5.26 Å². The van der Waals surface area contributed by atoms with Gasteiger partial charge in [-0.3, -0.25) is 4.79 Å². The van der Waals surface area contributed by atoms with E-state index in [1.54, 1.807) is 17.5 Å². The molecule has 3 aromatic rings. The average molecular weight is 394 g/mol. The van der Waals surface area contributed by atoms with Crippen LogP contribution in [0.2, 0.25) is 0 Å². The average Bonchev–Trinajstić information content (AvgIpc) is 3.15. The summed E-state index contributed by atoms with van der Waals surface area (Å²) in [5.74, 6) is -0.506. The van der Waals surface area contributed by atoms with Crippen molar-refractivity contribution < 1.29 is 14.5 Å². The van der Waals surface area contributed by atoms with Crippen LogP contribution in [0.5, 0.6) is 0 Å². The fraction of sp³-hybridized carbons (Fsp3) is 0.182. The fourth-order valence-corrected chi connectivity index (χ4v) is 3.78. The fourth-order valence-electron chi connectivity index (χ4n) is 3.02. The molecule has 0 bridgehead atoms. The number of thiophene rings is 1. The molecule has 0 fully saturated rings. The minimum absolute atomic E-state index is 0.152. The van der Waals surface area contributed by atoms with Crippen LogP contribution in [0.1, 0.15) is 35.2 Å². The summed E-state index contributed by atoms with van der Waals surface area (Å²) in [5.41, 5.74) is 3.48. The molecule has 1 heterocycles. The lowest BCUT2D eigenvalue weighted by Crippen LogP contribution is -2.87. The van der Waals surface area contributed by atoms with Gasteiger partial charge in [-0.1, -0.05) is 43.3 Å². The first-order valence-electron chi connectivity index (χ1n) is 9.05. The molecule has 0 aliphatic rings. The Hall–Kier alpha value is -3.01. The van der Waals surface area contributed by atoms with Crippen molar-refractivity contribution >= 4 is 22.2 Å². The molecule has 3 N–H and O–H groups in total. The van der Waals surface area contributed by atoms with Crippen molar-refractivity contribution in [3.8, 4) is 6.07 Å². The number of nitrogens with two attached hydrogens (primary N) is 1. The van der Waals surface area contributed by atoms with Crippen molar-refractivity contribution in [1.82, 2.24) is 0 Å². The van der Waals surface area contributed by atoms with Gasteiger partial charge in [-0.15, -0.1) is 11.3 Å². The highest BCUT2D eigenvalue weighted by Gasteiger charge is 2.20. The van der Waals surface area contributed by atoms with Gasteiger partial charge in [-0.25, -0.2) is 4.39 Å². The van der Waals surface area contributed by atoms with Gasteiger partial charge in [0.15, 0.2) is 6.54 Å². The van der Waals surface area contributed by atoms with Crippen LogP contribution in [0.4, 0.5) is 9.39 Å². The van der Waals surface area contributed by atoms with Gasteiger partial charge >= 0.3 is 0 Å². The van der Waals surface area contributed by atoms with E-state index >= 15 is 0 Å². The summed E-state index contributed by atoms with van der Waals surface area (Å²) in [7, 11) is 0. The zero-order valence-electron chi connectivity index (χ0n) is 15.5. The van der Waals surface area contributed by atoms with Crippen LogP contribution in [-0.4, -0.2) is 12.5 Å². The van der Waals surface area contributed by atoms with E-state index in [1.807, 2.05) is 23.5 Å². The molecule has 0 unspecified atom stereocenters. The quantitative estimate of drug-likeness (QED) is 0.643. The monoisotopic (exact) mass is 394 g/mol. The Kier molecular flexibility index (Phi) is 6.53. The molecule has 4 nitrogen and oxygen atoms in total. The van der Waals surface area contributed by atoms with E-state index in [2.05, 4.69) is 30.4 Å². The van der Waals surface area contributed by atoms with Crippen LogP contribution in [0.15, 0.2) is 60.0 Å². The van der Waals surface area contributed by atoms with E-state index in [9.17, 15) is 9.18 Å². The van der Waals surface area contributed by atoms with Crippen molar-refractivity contribution in [3.63, 3.8) is 0 Å². The first-order valence-corrected chi connectivity index (χ1v) is 9.93. The van der Waals surface area contributed by atoms with E-state index < -0.39 is 0 Å². The number of rotatable bonds is 7. The second-order valence-electron chi connectivity index (χ2n) is 6.39. The number of carbonyl (C=O) groups excluding carboxylic acids is 1. The number of nitrogens with one attached hydrogen (secondary N) is 1. The Labute approximate surface area is 167 Å². The highest BCUT2D eigenvalue weighted by atomic mass is 32.1. The summed E-state index contributed by atoms with van der Waals surface area (Å²) < 4.78 is 13.8. The highest BCUT2D eigenvalue weighted by Crippen LogP contribution is 2.22. The number of benzene rings is 2. The Morgan fingerprint density at radius 1 is 1.21 bits per heavy atom. The molecule has 0 saturated carbocycles. The molecule has 6 heteroatoms. The summed E-state index contributed by atoms with van der Waals surface area (Å²) in [6.45, 7) is 2.25. The Morgan fingerprint density at radius 3 is 2.68 bits per heavy atom. The van der Waals surface area contributed by atoms with E-state index in [0.717, 1.165) is 17.5 Å². The van der Waals surface area contributed by atoms with Gasteiger partial charge in [0.2, 0.25) is 0 Å². The molecule has 0 aliphatic carbocycles. The Morgan fingerprint density at radius 2 is 2.00 bits per heavy atom. The standard InChI is InChI=1S/C22H20FN3OS/c1-2-15-6-8-16(9-7-15)21(17-4-3-5-19(23)12-17)25-14-20(27)26-22-18(13-24)10-11-28-22/h3-12,21,25H,2,14H2,1H3,(H,26,27)/p+1/t21-/m0/s1. The molecule has 0 spiro atoms. The number of anilines is 1. The number of nitrogens with zero attached hydrogens (tertiary/aromatic N) is 1. The summed E-state index contributed by atoms with van der Waals surface area (Å²) in [6, 6.07) is 18.1. The Bertz CT molecular complexity index is 992. The maximum absolute atomic E-state index is 13.8. The number of hydrogen-bond donors (Lipinski definition) is 2. The van der Waals surface area contributed by atoms with Crippen LogP contribution in [0.3, 0.4) is 0 Å². The van der Waals surface area contributed by atoms with E-state index in [1.165, 1.54) is 29.0 Å². The van der Waals surface area contributed by atoms with Crippen molar-refractivity contribution in [2.24, 2.45) is 0 Å². The van der Waals surface area contributed by atoms with Gasteiger partial charge < -0.3 is 10.6 Å². The lowest BCUT2D eigenvalue weighted by Gasteiger charge is -2.17. The summed E-state index contributed by atoms with van der Waals surface area (Å²) in [6.07, 6.45) is 0.944. The molecule has 0 aliphatic heterocycles. The molecule has 1 atom stereocenters. The minimum Gasteiger partial charge on any atom is -0.328 e. The maximum Gasteiger partial charge on any atom is 0.280 e. The molecule has 2 aromatic carbocycles. The predicted molar refractivity (Wildman–Crippen MR) is 109 cm³/mol. The van der Waals surface area contributed by atoms with Crippen LogP contribution in [0.25, 0.3) is 0 Å². The zero-order chi connectivity index (χ0) is 19.9. The lowest BCUT2D eigenvalue weighted by molar-refractivity contribution is -0.676. The Balaban J connectivity index is 1.77. The molecule has 142 valence electrons. The number of nitriles is 1. The minimum atomic E-state index is -0.303. The second kappa shape index (κ2) is 9.27. The first-order chi connectivity index (χ1) is 13.6. The predicted octanol–water partition coefficient (Wildman–Crippen LogP) is 3.61. The highest BCUT2D eigenvalue weighted by molar-refractivity contribution is 7.14. The van der Waals surface area contributed by atoms with Gasteiger partial charge in [0.25, 0.3) is 5.91 Å². The van der Waals surface area contributed by atoms with Crippen LogP contribution >= 0.6 is 11.3 Å². The second-order valence-corrected chi connectivity index (χ2v) is 7.31. The van der Waals surface area contributed by atoms with Crippen LogP contribution < -0.4 is 10.6 Å². The number of quaternary nitrogens is 1. The number of carbonyl (C=O) groups is 1. The SMILES string of the molecule is CCc1ccc([C@H]([NH2+]CC(=O)Nc2sccc2C#N)c2cccc(F)c2)cc1. The number of amides is 1. The third-order valence-corrected chi connectivity index (χ3v) is 5.36. The normalized spacial score (nSPS) is 11.6. The number of halogens is 1. The molecular formula is C22H21FN3OS+. The van der Waals surface area contributed by atoms with Gasteiger partial charge in [0.05, 0.1) is 5.56 Å². The molecule has 0 radical (unpaired) electrons. The topological polar surface area (TPSA) is 69.5 Å². The van der Waals surface area contributed by atoms with Gasteiger partial charge in [-0.05, 0) is 35.6 Å². The molecule has 3 rings (SSSR count). The van der Waals surface area contributed by atoms with E-state index in [0.29, 0.717) is 10.6 Å². The number of aryl methyl sites for hydroxylation is 1. The third-order valence-electron chi connectivity index (χ3n) is 4.53. The summed E-state index contributed by atoms with van der Waals surface area (Å²) >= 11 is 1.32. The van der Waals surface area contributed by atoms with Gasteiger partial charge in [0, 0.05) is 11.1 Å². The smallest absolute Gasteiger partial charge is 0.280 e. The largest absolute Gasteiger partial charge is 0.328 e. The molecular weight excluding hydrogens is 373 g/mol. The zero-order valence-corrected chi connectivity index (χ0v) is 16.3. The van der Waals surface area contributed by atoms with Crippen molar-refractivity contribution in [2.45, 2.75) is 19.4 Å². The van der Waals surface area contributed by atoms with Crippen molar-refractivity contribution in [2.75, 3.05) is 11.9 Å². The van der Waals surface area contributed by atoms with Crippen LogP contribution in [0, 0.1) is 17.1 Å². The van der Waals surface area contributed by atoms with Crippen molar-refractivity contribution in [3.05, 3.63) is 88.0 Å². The first kappa shape index (κ1) is 19.7. The molecule has 1 aromatic heterocycles. The summed E-state index contributed by atoms with van der Waals surface area (Å²) in [5, 5.41) is 16.0. The maximum atomic E-state index is 13.8. The van der Waals surface area contributed by atoms with E-state index in [-0.39, 0.29) is 24.3 Å². The summed E-state index contributed by atoms with van der Waals surface area (Å²) in [4.78, 5) is 12.4. The van der Waals surface area contributed by atoms with Gasteiger partial charge in [0.1, 0.15) is 22.9 Å². The molecule has 0 saturated heterocycles.